The van der Waals surface area contributed by atoms with E-state index < -0.39 is 127 Å². The van der Waals surface area contributed by atoms with E-state index in [-0.39, 0.29) is 63.8 Å². The minimum Gasteiger partial charge on any atom is -0.481 e. The highest BCUT2D eigenvalue weighted by atomic mass is 33.1. The Bertz CT molecular complexity index is 2080. The summed E-state index contributed by atoms with van der Waals surface area (Å²) >= 11 is 0. The van der Waals surface area contributed by atoms with Crippen molar-refractivity contribution in [1.82, 2.24) is 31.9 Å². The summed E-state index contributed by atoms with van der Waals surface area (Å²) in [6.45, 7) is 1.23. The lowest BCUT2D eigenvalue weighted by molar-refractivity contribution is -0.144. The van der Waals surface area contributed by atoms with Gasteiger partial charge in [0.05, 0.1) is 24.4 Å². The van der Waals surface area contributed by atoms with Gasteiger partial charge in [0, 0.05) is 69.2 Å². The molecule has 0 aliphatic carbocycles. The Morgan fingerprint density at radius 2 is 1.19 bits per heavy atom. The number of hydrogen-bond acceptors (Lipinski definition) is 14. The average molecular weight is 1020 g/mol. The van der Waals surface area contributed by atoms with Crippen LogP contribution < -0.4 is 37.6 Å². The maximum absolute atomic E-state index is 14.1. The molecule has 12 N–H and O–H groups in total. The predicted octanol–water partition coefficient (Wildman–Crippen LogP) is 1.29. The van der Waals surface area contributed by atoms with Gasteiger partial charge in [0.25, 0.3) is 0 Å². The summed E-state index contributed by atoms with van der Waals surface area (Å²) in [6.07, 6.45) is -1.88. The normalized spacial score (nSPS) is 13.4. The van der Waals surface area contributed by atoms with Gasteiger partial charge < -0.3 is 58.1 Å². The van der Waals surface area contributed by atoms with E-state index in [2.05, 4.69) is 31.9 Å². The van der Waals surface area contributed by atoms with E-state index in [1.54, 1.807) is 60.7 Å². The Morgan fingerprint density at radius 3 is 1.77 bits per heavy atom. The first-order chi connectivity index (χ1) is 33.3. The Morgan fingerprint density at radius 1 is 0.571 bits per heavy atom. The van der Waals surface area contributed by atoms with E-state index in [1.165, 1.54) is 21.6 Å². The maximum atomic E-state index is 14.1. The zero-order valence-electron chi connectivity index (χ0n) is 38.7. The standard InChI is InChI=1S/C46H63N7O15S2/c1-2-20-69-70-27-31(44(64)65)24-37(55)35(25-41(60)61)52-43(63)32(47)26-50-42(62)30(21-28-10-5-3-6-11-28)23-36(54)34(22-29-12-7-4-8-13-29)51-39(57)17-19-48-38(56)16-15-33(45(66)67)53-46(68)49-18-9-14-40(58)59/h3-8,10-13,30-35H,2,9,14-27,47H2,1H3,(H,48,56)(H,50,62)(H,51,57)(H,52,63)(H,58,59)(H,60,61)(H,64,65)(H,66,67)(H2,49,53,68)/t30-,31-,32+,33+,34+,35+/m1/s1. The molecule has 22 nitrogen and oxygen atoms in total. The number of carboxylic acid groups (broad SMARTS) is 4. The van der Waals surface area contributed by atoms with Crippen LogP contribution in [0.25, 0.3) is 0 Å². The van der Waals surface area contributed by atoms with E-state index in [0.29, 0.717) is 11.1 Å². The summed E-state index contributed by atoms with van der Waals surface area (Å²) in [5.41, 5.74) is 7.45. The molecular formula is C46H63N7O15S2. The van der Waals surface area contributed by atoms with Gasteiger partial charge in [-0.25, -0.2) is 9.59 Å². The molecule has 0 aromatic heterocycles. The van der Waals surface area contributed by atoms with E-state index in [0.717, 1.165) is 12.2 Å². The van der Waals surface area contributed by atoms with E-state index in [9.17, 15) is 68.1 Å². The molecule has 0 saturated carbocycles. The lowest BCUT2D eigenvalue weighted by Gasteiger charge is -2.23. The molecule has 0 saturated heterocycles. The fourth-order valence-corrected chi connectivity index (χ4v) is 8.95. The molecule has 0 aliphatic rings. The fraction of sp³-hybridized carbons (Fsp3) is 0.500. The number of hydrogen-bond donors (Lipinski definition) is 11. The number of aliphatic carboxylic acids is 4. The van der Waals surface area contributed by atoms with Crippen molar-refractivity contribution in [2.45, 2.75) is 102 Å². The number of Topliss-reactive ketones (excluding diaryl/α,β-unsaturated/α-hetero) is 2. The van der Waals surface area contributed by atoms with Crippen molar-refractivity contribution in [2.75, 3.05) is 31.1 Å². The third-order valence-electron chi connectivity index (χ3n) is 10.3. The Balaban J connectivity index is 2.11. The molecule has 0 heterocycles. The first-order valence-electron chi connectivity index (χ1n) is 22.5. The van der Waals surface area contributed by atoms with E-state index >= 15 is 0 Å². The maximum Gasteiger partial charge on any atom is 0.326 e. The summed E-state index contributed by atoms with van der Waals surface area (Å²) in [4.78, 5) is 138. The Labute approximate surface area is 412 Å². The van der Waals surface area contributed by atoms with Gasteiger partial charge >= 0.3 is 29.9 Å². The number of ketones is 2. The van der Waals surface area contributed by atoms with Gasteiger partial charge in [-0.3, -0.25) is 43.2 Å². The molecule has 0 fully saturated rings. The van der Waals surface area contributed by atoms with Crippen LogP contribution >= 0.6 is 21.6 Å². The van der Waals surface area contributed by atoms with Crippen molar-refractivity contribution in [2.24, 2.45) is 17.6 Å². The highest BCUT2D eigenvalue weighted by Gasteiger charge is 2.32. The van der Waals surface area contributed by atoms with Crippen molar-refractivity contribution in [1.29, 1.82) is 0 Å². The number of carboxylic acids is 4. The lowest BCUT2D eigenvalue weighted by atomic mass is 9.89. The van der Waals surface area contributed by atoms with Crippen molar-refractivity contribution < 1.29 is 73.2 Å². The second-order valence-electron chi connectivity index (χ2n) is 16.1. The number of rotatable bonds is 36. The molecule has 70 heavy (non-hydrogen) atoms. The lowest BCUT2D eigenvalue weighted by Crippen LogP contribution is -2.53. The van der Waals surface area contributed by atoms with Crippen LogP contribution in [0.1, 0.15) is 75.8 Å². The number of nitrogens with two attached hydrogens (primary N) is 1. The van der Waals surface area contributed by atoms with Crippen molar-refractivity contribution in [3.63, 3.8) is 0 Å². The van der Waals surface area contributed by atoms with Crippen LogP contribution in [0.4, 0.5) is 4.79 Å². The molecule has 0 aliphatic heterocycles. The highest BCUT2D eigenvalue weighted by molar-refractivity contribution is 8.76. The number of carbonyl (C=O) groups is 11. The second kappa shape index (κ2) is 33.1. The topological polar surface area (TPSA) is 367 Å². The van der Waals surface area contributed by atoms with Gasteiger partial charge in [-0.2, -0.15) is 0 Å². The molecule has 2 aromatic carbocycles. The van der Waals surface area contributed by atoms with Crippen molar-refractivity contribution in [3.8, 4) is 0 Å². The summed E-state index contributed by atoms with van der Waals surface area (Å²) in [5.74, 6) is -10.8. The van der Waals surface area contributed by atoms with Gasteiger partial charge in [-0.05, 0) is 43.2 Å². The second-order valence-corrected chi connectivity index (χ2v) is 18.7. The molecule has 384 valence electrons. The van der Waals surface area contributed by atoms with Crippen molar-refractivity contribution >= 4 is 86.7 Å². The zero-order chi connectivity index (χ0) is 52.0. The molecule has 6 atom stereocenters. The third-order valence-corrected chi connectivity index (χ3v) is 13.0. The fourth-order valence-electron chi connectivity index (χ4n) is 6.51. The Hall–Kier alpha value is -6.53. The molecule has 2 rings (SSSR count). The number of benzene rings is 2. The van der Waals surface area contributed by atoms with Gasteiger partial charge in [-0.1, -0.05) is 89.2 Å². The molecule has 2 aromatic rings. The average Bonchev–Trinajstić information content (AvgIpc) is 3.31. The van der Waals surface area contributed by atoms with Gasteiger partial charge in [0.15, 0.2) is 11.6 Å². The van der Waals surface area contributed by atoms with Gasteiger partial charge in [0.1, 0.15) is 12.1 Å². The number of amides is 6. The molecule has 0 spiro atoms. The first kappa shape index (κ1) is 59.6. The van der Waals surface area contributed by atoms with E-state index in [4.69, 9.17) is 10.8 Å². The minimum absolute atomic E-state index is 0.0165. The van der Waals surface area contributed by atoms with Crippen molar-refractivity contribution in [3.05, 3.63) is 71.8 Å². The highest BCUT2D eigenvalue weighted by Crippen LogP contribution is 2.26. The molecule has 24 heteroatoms. The SMILES string of the molecule is CCCSSC[C@@H](CC(=O)[C@H](CC(=O)O)NC(=O)[C@@H](N)CNC(=O)[C@@H](CC(=O)[C@H](Cc1ccccc1)NC(=O)CCNC(=O)CC[C@H](NC(=O)NCCCC(=O)O)C(=O)O)Cc1ccccc1)C(=O)O. The van der Waals surface area contributed by atoms with Crippen LogP contribution in [-0.2, 0) is 60.8 Å². The number of urea groups is 1. The molecular weight excluding hydrogens is 955 g/mol. The van der Waals surface area contributed by atoms with E-state index in [1.807, 2.05) is 6.92 Å². The molecule has 0 unspecified atom stereocenters. The Kier molecular flexibility index (Phi) is 28.2. The molecule has 0 bridgehead atoms. The summed E-state index contributed by atoms with van der Waals surface area (Å²) < 4.78 is 0. The molecule has 0 radical (unpaired) electrons. The van der Waals surface area contributed by atoms with Crippen LogP contribution in [0.15, 0.2) is 60.7 Å². The molecule has 6 amide bonds. The van der Waals surface area contributed by atoms with Crippen LogP contribution in [-0.4, -0.2) is 141 Å². The smallest absolute Gasteiger partial charge is 0.326 e. The van der Waals surface area contributed by atoms with Crippen LogP contribution in [0.5, 0.6) is 0 Å². The third kappa shape index (κ3) is 25.2. The monoisotopic (exact) mass is 1020 g/mol. The summed E-state index contributed by atoms with van der Waals surface area (Å²) in [7, 11) is 2.70. The zero-order valence-corrected chi connectivity index (χ0v) is 40.4. The quantitative estimate of drug-likeness (QED) is 0.0338. The van der Waals surface area contributed by atoms with Crippen LogP contribution in [0, 0.1) is 11.8 Å². The van der Waals surface area contributed by atoms with Gasteiger partial charge in [0.2, 0.25) is 23.6 Å². The minimum atomic E-state index is -1.61. The first-order valence-corrected chi connectivity index (χ1v) is 25.0. The predicted molar refractivity (Wildman–Crippen MR) is 258 cm³/mol. The van der Waals surface area contributed by atoms with Crippen LogP contribution in [0.2, 0.25) is 0 Å². The van der Waals surface area contributed by atoms with Gasteiger partial charge in [-0.15, -0.1) is 0 Å². The summed E-state index contributed by atoms with van der Waals surface area (Å²) in [5, 5.41) is 51.9. The summed E-state index contributed by atoms with van der Waals surface area (Å²) in [6, 6.07) is 10.8. The largest absolute Gasteiger partial charge is 0.481 e. The number of carbonyl (C=O) groups excluding carboxylic acids is 7. The number of nitrogens with one attached hydrogen (secondary N) is 6. The van der Waals surface area contributed by atoms with Crippen LogP contribution in [0.3, 0.4) is 0 Å².